The van der Waals surface area contributed by atoms with Crippen molar-refractivity contribution in [1.29, 1.82) is 0 Å². The van der Waals surface area contributed by atoms with Gasteiger partial charge in [0.25, 0.3) is 0 Å². The average Bonchev–Trinajstić information content (AvgIpc) is 2.70. The van der Waals surface area contributed by atoms with Crippen LogP contribution in [0.2, 0.25) is 0 Å². The lowest BCUT2D eigenvalue weighted by atomic mass is 9.97. The number of rotatable bonds is 1. The standard InChI is InChI=1S/C10H20N4/c1-8(11)9-4-2-3-7-14(9)10-12-5-6-13-10/h8-9H,2-7,11H2,1H3,(H,12,13). The molecule has 3 N–H and O–H groups in total. The van der Waals surface area contributed by atoms with E-state index in [-0.39, 0.29) is 6.04 Å². The third-order valence-electron chi connectivity index (χ3n) is 3.08. The normalized spacial score (nSPS) is 29.7. The van der Waals surface area contributed by atoms with E-state index in [2.05, 4.69) is 22.1 Å². The fourth-order valence-electron chi connectivity index (χ4n) is 2.34. The van der Waals surface area contributed by atoms with E-state index >= 15 is 0 Å². The molecule has 0 spiro atoms. The van der Waals surface area contributed by atoms with Crippen LogP contribution in [0.1, 0.15) is 26.2 Å². The fraction of sp³-hybridized carbons (Fsp3) is 0.900. The fourth-order valence-corrected chi connectivity index (χ4v) is 2.34. The molecule has 2 atom stereocenters. The van der Waals surface area contributed by atoms with Gasteiger partial charge in [-0.2, -0.15) is 0 Å². The van der Waals surface area contributed by atoms with Crippen molar-refractivity contribution in [2.45, 2.75) is 38.3 Å². The molecule has 4 nitrogen and oxygen atoms in total. The van der Waals surface area contributed by atoms with Crippen LogP contribution in [-0.2, 0) is 0 Å². The van der Waals surface area contributed by atoms with E-state index in [1.165, 1.54) is 19.3 Å². The molecular formula is C10H20N4. The van der Waals surface area contributed by atoms with E-state index in [4.69, 9.17) is 5.73 Å². The molecule has 0 aromatic carbocycles. The Hall–Kier alpha value is -0.770. The highest BCUT2D eigenvalue weighted by Crippen LogP contribution is 2.19. The molecule has 2 rings (SSSR count). The summed E-state index contributed by atoms with van der Waals surface area (Å²) in [5, 5.41) is 3.33. The van der Waals surface area contributed by atoms with Crippen LogP contribution in [0, 0.1) is 0 Å². The molecule has 0 saturated carbocycles. The lowest BCUT2D eigenvalue weighted by Crippen LogP contribution is -2.54. The summed E-state index contributed by atoms with van der Waals surface area (Å²) >= 11 is 0. The average molecular weight is 196 g/mol. The Morgan fingerprint density at radius 3 is 3.07 bits per heavy atom. The van der Waals surface area contributed by atoms with E-state index in [1.54, 1.807) is 0 Å². The Labute approximate surface area is 85.6 Å². The van der Waals surface area contributed by atoms with E-state index in [9.17, 15) is 0 Å². The number of aliphatic imine (C=N–C) groups is 1. The number of piperidine rings is 1. The highest BCUT2D eigenvalue weighted by molar-refractivity contribution is 5.81. The molecule has 80 valence electrons. The van der Waals surface area contributed by atoms with Crippen LogP contribution in [0.5, 0.6) is 0 Å². The van der Waals surface area contributed by atoms with Gasteiger partial charge in [-0.05, 0) is 26.2 Å². The monoisotopic (exact) mass is 196 g/mol. The van der Waals surface area contributed by atoms with Crippen molar-refractivity contribution >= 4 is 5.96 Å². The second-order valence-electron chi connectivity index (χ2n) is 4.25. The summed E-state index contributed by atoms with van der Waals surface area (Å²) in [5.74, 6) is 1.08. The molecule has 0 aromatic rings. The molecule has 2 unspecified atom stereocenters. The van der Waals surface area contributed by atoms with Gasteiger partial charge in [0, 0.05) is 25.2 Å². The number of hydrogen-bond acceptors (Lipinski definition) is 4. The number of nitrogens with two attached hydrogens (primary N) is 1. The lowest BCUT2D eigenvalue weighted by Gasteiger charge is -2.39. The van der Waals surface area contributed by atoms with Gasteiger partial charge in [0.15, 0.2) is 5.96 Å². The molecule has 0 radical (unpaired) electrons. The SMILES string of the molecule is CC(N)C1CCCCN1C1=NCCN1. The van der Waals surface area contributed by atoms with Gasteiger partial charge in [-0.25, -0.2) is 0 Å². The van der Waals surface area contributed by atoms with Crippen molar-refractivity contribution in [3.05, 3.63) is 0 Å². The third-order valence-corrected chi connectivity index (χ3v) is 3.08. The first kappa shape index (κ1) is 9.77. The smallest absolute Gasteiger partial charge is 0.194 e. The van der Waals surface area contributed by atoms with Crippen molar-refractivity contribution in [3.8, 4) is 0 Å². The first-order chi connectivity index (χ1) is 6.79. The zero-order valence-corrected chi connectivity index (χ0v) is 8.87. The van der Waals surface area contributed by atoms with E-state index in [0.29, 0.717) is 6.04 Å². The topological polar surface area (TPSA) is 53.6 Å². The van der Waals surface area contributed by atoms with Gasteiger partial charge < -0.3 is 16.0 Å². The van der Waals surface area contributed by atoms with E-state index in [0.717, 1.165) is 25.6 Å². The summed E-state index contributed by atoms with van der Waals surface area (Å²) in [4.78, 5) is 6.83. The lowest BCUT2D eigenvalue weighted by molar-refractivity contribution is 0.212. The summed E-state index contributed by atoms with van der Waals surface area (Å²) < 4.78 is 0. The predicted octanol–water partition coefficient (Wildman–Crippen LogP) is 0.147. The molecule has 0 amide bonds. The van der Waals surface area contributed by atoms with Crippen LogP contribution >= 0.6 is 0 Å². The Morgan fingerprint density at radius 1 is 1.57 bits per heavy atom. The van der Waals surface area contributed by atoms with Gasteiger partial charge in [0.1, 0.15) is 0 Å². The number of nitrogens with one attached hydrogen (secondary N) is 1. The van der Waals surface area contributed by atoms with Crippen LogP contribution in [0.4, 0.5) is 0 Å². The molecule has 2 heterocycles. The molecule has 0 aliphatic carbocycles. The quantitative estimate of drug-likeness (QED) is 0.627. The van der Waals surface area contributed by atoms with Crippen molar-refractivity contribution in [2.75, 3.05) is 19.6 Å². The molecule has 0 aromatic heterocycles. The van der Waals surface area contributed by atoms with Gasteiger partial charge in [-0.1, -0.05) is 0 Å². The summed E-state index contributed by atoms with van der Waals surface area (Å²) in [6.45, 7) is 5.10. The number of nitrogens with zero attached hydrogens (tertiary/aromatic N) is 2. The number of guanidine groups is 1. The van der Waals surface area contributed by atoms with Gasteiger partial charge in [0.05, 0.1) is 6.54 Å². The third kappa shape index (κ3) is 1.85. The maximum absolute atomic E-state index is 6.00. The van der Waals surface area contributed by atoms with Gasteiger partial charge in [-0.15, -0.1) is 0 Å². The molecule has 14 heavy (non-hydrogen) atoms. The minimum atomic E-state index is 0.236. The molecule has 1 fully saturated rings. The minimum Gasteiger partial charge on any atom is -0.354 e. The van der Waals surface area contributed by atoms with Crippen molar-refractivity contribution in [3.63, 3.8) is 0 Å². The van der Waals surface area contributed by atoms with Crippen molar-refractivity contribution in [2.24, 2.45) is 10.7 Å². The molecule has 0 bridgehead atoms. The van der Waals surface area contributed by atoms with E-state index < -0.39 is 0 Å². The van der Waals surface area contributed by atoms with Crippen molar-refractivity contribution in [1.82, 2.24) is 10.2 Å². The molecule has 1 saturated heterocycles. The molecule has 2 aliphatic rings. The van der Waals surface area contributed by atoms with Crippen LogP contribution < -0.4 is 11.1 Å². The van der Waals surface area contributed by atoms with Crippen LogP contribution in [0.25, 0.3) is 0 Å². The van der Waals surface area contributed by atoms with Gasteiger partial charge in [-0.3, -0.25) is 4.99 Å². The van der Waals surface area contributed by atoms with Gasteiger partial charge >= 0.3 is 0 Å². The highest BCUT2D eigenvalue weighted by atomic mass is 15.3. The van der Waals surface area contributed by atoms with Crippen LogP contribution in [0.15, 0.2) is 4.99 Å². The van der Waals surface area contributed by atoms with E-state index in [1.807, 2.05) is 0 Å². The minimum absolute atomic E-state index is 0.236. The van der Waals surface area contributed by atoms with Crippen molar-refractivity contribution < 1.29 is 0 Å². The molecular weight excluding hydrogens is 176 g/mol. The molecule has 4 heteroatoms. The maximum Gasteiger partial charge on any atom is 0.194 e. The number of hydrogen-bond donors (Lipinski definition) is 2. The Kier molecular flexibility index (Phi) is 2.91. The first-order valence-corrected chi connectivity index (χ1v) is 5.59. The Balaban J connectivity index is 2.05. The zero-order chi connectivity index (χ0) is 9.97. The first-order valence-electron chi connectivity index (χ1n) is 5.59. The maximum atomic E-state index is 6.00. The second-order valence-corrected chi connectivity index (χ2v) is 4.25. The summed E-state index contributed by atoms with van der Waals surface area (Å²) in [7, 11) is 0. The van der Waals surface area contributed by atoms with Crippen LogP contribution in [0.3, 0.4) is 0 Å². The Morgan fingerprint density at radius 2 is 2.43 bits per heavy atom. The zero-order valence-electron chi connectivity index (χ0n) is 8.87. The molecule has 2 aliphatic heterocycles. The summed E-state index contributed by atoms with van der Waals surface area (Å²) in [5.41, 5.74) is 6.00. The number of likely N-dealkylation sites (tertiary alicyclic amines) is 1. The second kappa shape index (κ2) is 4.17. The summed E-state index contributed by atoms with van der Waals surface area (Å²) in [6, 6.07) is 0.716. The summed E-state index contributed by atoms with van der Waals surface area (Å²) in [6.07, 6.45) is 3.78. The Bertz CT molecular complexity index is 224. The largest absolute Gasteiger partial charge is 0.354 e. The van der Waals surface area contributed by atoms with Crippen LogP contribution in [-0.4, -0.2) is 42.6 Å². The predicted molar refractivity (Wildman–Crippen MR) is 58.3 cm³/mol. The van der Waals surface area contributed by atoms with Gasteiger partial charge in [0.2, 0.25) is 0 Å². The highest BCUT2D eigenvalue weighted by Gasteiger charge is 2.28.